The second kappa shape index (κ2) is 10.5. The molecular formula is C25H30N4O5S. The highest BCUT2D eigenvalue weighted by Gasteiger charge is 2.26. The Bertz CT molecular complexity index is 1280. The molecule has 0 aliphatic carbocycles. The third kappa shape index (κ3) is 5.41. The molecule has 0 saturated carbocycles. The van der Waals surface area contributed by atoms with Crippen LogP contribution in [-0.2, 0) is 26.0 Å². The van der Waals surface area contributed by atoms with Crippen LogP contribution in [0.3, 0.4) is 0 Å². The summed E-state index contributed by atoms with van der Waals surface area (Å²) in [6, 6.07) is 14.0. The molecule has 2 fully saturated rings. The van der Waals surface area contributed by atoms with Crippen molar-refractivity contribution in [3.8, 4) is 0 Å². The van der Waals surface area contributed by atoms with E-state index in [4.69, 9.17) is 9.47 Å². The van der Waals surface area contributed by atoms with E-state index in [1.165, 1.54) is 16.4 Å². The van der Waals surface area contributed by atoms with Crippen LogP contribution in [-0.4, -0.2) is 87.2 Å². The summed E-state index contributed by atoms with van der Waals surface area (Å²) in [4.78, 5) is 15.4. The average Bonchev–Trinajstić information content (AvgIpc) is 3.31. The van der Waals surface area contributed by atoms with E-state index in [1.807, 2.05) is 18.2 Å². The normalized spacial score (nSPS) is 18.1. The summed E-state index contributed by atoms with van der Waals surface area (Å²) < 4.78 is 39.9. The quantitative estimate of drug-likeness (QED) is 0.537. The van der Waals surface area contributed by atoms with E-state index in [2.05, 4.69) is 27.0 Å². The summed E-state index contributed by atoms with van der Waals surface area (Å²) in [5.41, 5.74) is 2.21. The van der Waals surface area contributed by atoms with Gasteiger partial charge in [0, 0.05) is 67.6 Å². The molecular weight excluding hydrogens is 468 g/mol. The molecule has 3 heterocycles. The maximum atomic E-state index is 12.8. The van der Waals surface area contributed by atoms with Crippen LogP contribution in [0.2, 0.25) is 0 Å². The molecule has 2 aliphatic rings. The molecule has 1 aromatic heterocycles. The van der Waals surface area contributed by atoms with Gasteiger partial charge in [-0.05, 0) is 48.5 Å². The third-order valence-corrected chi connectivity index (χ3v) is 8.43. The van der Waals surface area contributed by atoms with Crippen molar-refractivity contribution in [2.24, 2.45) is 0 Å². The van der Waals surface area contributed by atoms with Crippen molar-refractivity contribution < 1.29 is 22.7 Å². The molecule has 2 aromatic carbocycles. The van der Waals surface area contributed by atoms with Gasteiger partial charge in [0.2, 0.25) is 10.0 Å². The Balaban J connectivity index is 1.23. The standard InChI is InChI=1S/C25H30N4O5S/c30-25(20-1-4-23(5-2-20)35(31,32)29-13-17-34-18-14-29)26-22-3-6-24-21(19-22)7-8-28(24)10-9-27-11-15-33-16-12-27/h1-8,19H,9-18H2,(H,26,30). The molecule has 0 radical (unpaired) electrons. The van der Waals surface area contributed by atoms with Crippen LogP contribution >= 0.6 is 0 Å². The molecule has 0 unspecified atom stereocenters. The van der Waals surface area contributed by atoms with Gasteiger partial charge >= 0.3 is 0 Å². The number of nitrogens with one attached hydrogen (secondary N) is 1. The number of benzene rings is 2. The third-order valence-electron chi connectivity index (χ3n) is 6.51. The molecule has 9 nitrogen and oxygen atoms in total. The van der Waals surface area contributed by atoms with Gasteiger partial charge in [-0.15, -0.1) is 0 Å². The Hall–Kier alpha value is -2.76. The van der Waals surface area contributed by atoms with Crippen molar-refractivity contribution in [2.75, 3.05) is 64.5 Å². The number of hydrogen-bond acceptors (Lipinski definition) is 6. The zero-order valence-electron chi connectivity index (χ0n) is 19.6. The van der Waals surface area contributed by atoms with Gasteiger partial charge < -0.3 is 19.4 Å². The van der Waals surface area contributed by atoms with Crippen LogP contribution in [0.5, 0.6) is 0 Å². The highest BCUT2D eigenvalue weighted by Crippen LogP contribution is 2.22. The van der Waals surface area contributed by atoms with Gasteiger partial charge in [0.15, 0.2) is 0 Å². The Kier molecular flexibility index (Phi) is 7.17. The Morgan fingerprint density at radius 2 is 1.54 bits per heavy atom. The van der Waals surface area contributed by atoms with E-state index in [-0.39, 0.29) is 10.8 Å². The zero-order valence-corrected chi connectivity index (χ0v) is 20.4. The minimum Gasteiger partial charge on any atom is -0.379 e. The van der Waals surface area contributed by atoms with E-state index in [0.29, 0.717) is 37.6 Å². The number of nitrogens with zero attached hydrogens (tertiary/aromatic N) is 3. The average molecular weight is 499 g/mol. The van der Waals surface area contributed by atoms with Crippen molar-refractivity contribution in [1.29, 1.82) is 0 Å². The predicted octanol–water partition coefficient (Wildman–Crippen LogP) is 2.25. The molecule has 3 aromatic rings. The molecule has 1 N–H and O–H groups in total. The van der Waals surface area contributed by atoms with Crippen LogP contribution < -0.4 is 5.32 Å². The number of ether oxygens (including phenoxy) is 2. The first kappa shape index (κ1) is 24.0. The first-order chi connectivity index (χ1) is 17.0. The van der Waals surface area contributed by atoms with Crippen molar-refractivity contribution in [3.05, 3.63) is 60.3 Å². The van der Waals surface area contributed by atoms with Gasteiger partial charge in [0.05, 0.1) is 31.3 Å². The van der Waals surface area contributed by atoms with Gasteiger partial charge in [-0.2, -0.15) is 4.31 Å². The fourth-order valence-corrected chi connectivity index (χ4v) is 5.87. The van der Waals surface area contributed by atoms with Gasteiger partial charge in [-0.25, -0.2) is 8.42 Å². The second-order valence-electron chi connectivity index (χ2n) is 8.73. The lowest BCUT2D eigenvalue weighted by Gasteiger charge is -2.26. The number of amides is 1. The van der Waals surface area contributed by atoms with Gasteiger partial charge in [-0.3, -0.25) is 9.69 Å². The van der Waals surface area contributed by atoms with Crippen LogP contribution in [0.25, 0.3) is 10.9 Å². The fourth-order valence-electron chi connectivity index (χ4n) is 4.46. The minimum absolute atomic E-state index is 0.177. The predicted molar refractivity (Wildman–Crippen MR) is 133 cm³/mol. The van der Waals surface area contributed by atoms with E-state index >= 15 is 0 Å². The van der Waals surface area contributed by atoms with Crippen LogP contribution in [0, 0.1) is 0 Å². The number of sulfonamides is 1. The van der Waals surface area contributed by atoms with Crippen molar-refractivity contribution in [3.63, 3.8) is 0 Å². The largest absolute Gasteiger partial charge is 0.379 e. The molecule has 10 heteroatoms. The number of anilines is 1. The molecule has 1 amide bonds. The van der Waals surface area contributed by atoms with Crippen LogP contribution in [0.15, 0.2) is 59.6 Å². The number of aromatic nitrogens is 1. The Morgan fingerprint density at radius 1 is 0.857 bits per heavy atom. The van der Waals surface area contributed by atoms with Crippen LogP contribution in [0.1, 0.15) is 10.4 Å². The smallest absolute Gasteiger partial charge is 0.255 e. The van der Waals surface area contributed by atoms with E-state index < -0.39 is 10.0 Å². The monoisotopic (exact) mass is 498 g/mol. The summed E-state index contributed by atoms with van der Waals surface area (Å²) in [5, 5.41) is 3.97. The summed E-state index contributed by atoms with van der Waals surface area (Å²) in [7, 11) is -3.59. The zero-order chi connectivity index (χ0) is 24.3. The number of carbonyl (C=O) groups is 1. The number of morpholine rings is 2. The number of rotatable bonds is 7. The molecule has 0 bridgehead atoms. The minimum atomic E-state index is -3.59. The Labute approximate surface area is 205 Å². The lowest BCUT2D eigenvalue weighted by atomic mass is 10.2. The summed E-state index contributed by atoms with van der Waals surface area (Å²) >= 11 is 0. The van der Waals surface area contributed by atoms with Crippen molar-refractivity contribution >= 4 is 32.5 Å². The summed E-state index contributed by atoms with van der Waals surface area (Å²) in [5.74, 6) is -0.286. The second-order valence-corrected chi connectivity index (χ2v) is 10.7. The molecule has 2 saturated heterocycles. The highest BCUT2D eigenvalue weighted by atomic mass is 32.2. The first-order valence-electron chi connectivity index (χ1n) is 11.9. The number of fused-ring (bicyclic) bond motifs is 1. The fraction of sp³-hybridized carbons (Fsp3) is 0.400. The van der Waals surface area contributed by atoms with Gasteiger partial charge in [0.25, 0.3) is 5.91 Å². The summed E-state index contributed by atoms with van der Waals surface area (Å²) in [6.07, 6.45) is 2.07. The van der Waals surface area contributed by atoms with Crippen molar-refractivity contribution in [1.82, 2.24) is 13.8 Å². The summed E-state index contributed by atoms with van der Waals surface area (Å²) in [6.45, 7) is 6.85. The van der Waals surface area contributed by atoms with E-state index in [9.17, 15) is 13.2 Å². The topological polar surface area (TPSA) is 93.1 Å². The lowest BCUT2D eigenvalue weighted by molar-refractivity contribution is 0.0365. The van der Waals surface area contributed by atoms with Gasteiger partial charge in [-0.1, -0.05) is 0 Å². The number of carbonyl (C=O) groups excluding carboxylic acids is 1. The maximum absolute atomic E-state index is 12.8. The lowest BCUT2D eigenvalue weighted by Crippen LogP contribution is -2.40. The van der Waals surface area contributed by atoms with Crippen LogP contribution in [0.4, 0.5) is 5.69 Å². The van der Waals surface area contributed by atoms with E-state index in [1.54, 1.807) is 12.1 Å². The molecule has 186 valence electrons. The molecule has 0 spiro atoms. The Morgan fingerprint density at radius 3 is 2.26 bits per heavy atom. The maximum Gasteiger partial charge on any atom is 0.255 e. The molecule has 5 rings (SSSR count). The molecule has 35 heavy (non-hydrogen) atoms. The highest BCUT2D eigenvalue weighted by molar-refractivity contribution is 7.89. The number of hydrogen-bond donors (Lipinski definition) is 1. The van der Waals surface area contributed by atoms with E-state index in [0.717, 1.165) is 50.3 Å². The van der Waals surface area contributed by atoms with Crippen molar-refractivity contribution in [2.45, 2.75) is 11.4 Å². The molecule has 2 aliphatic heterocycles. The van der Waals surface area contributed by atoms with Gasteiger partial charge in [0.1, 0.15) is 0 Å². The first-order valence-corrected chi connectivity index (χ1v) is 13.3. The SMILES string of the molecule is O=C(Nc1ccc2c(ccn2CCN2CCOCC2)c1)c1ccc(S(=O)(=O)N2CCOCC2)cc1. The molecule has 0 atom stereocenters.